The van der Waals surface area contributed by atoms with Crippen molar-refractivity contribution in [3.05, 3.63) is 0 Å². The molecule has 0 aromatic heterocycles. The Morgan fingerprint density at radius 1 is 1.00 bits per heavy atom. The van der Waals surface area contributed by atoms with Crippen molar-refractivity contribution in [3.63, 3.8) is 0 Å². The van der Waals surface area contributed by atoms with Gasteiger partial charge in [-0.2, -0.15) is 8.78 Å². The minimum absolute atomic E-state index is 0.0120. The van der Waals surface area contributed by atoms with Crippen LogP contribution in [0.4, 0.5) is 8.78 Å². The fourth-order valence-corrected chi connectivity index (χ4v) is 6.61. The molecule has 0 saturated carbocycles. The summed E-state index contributed by atoms with van der Waals surface area (Å²) in [6, 6.07) is 0. The van der Waals surface area contributed by atoms with Gasteiger partial charge in [0.2, 0.25) is 0 Å². The zero-order chi connectivity index (χ0) is 21.0. The van der Waals surface area contributed by atoms with Crippen LogP contribution in [-0.2, 0) is 44.5 Å². The van der Waals surface area contributed by atoms with E-state index in [1.807, 2.05) is 0 Å². The summed E-state index contributed by atoms with van der Waals surface area (Å²) in [5.41, 5.74) is -3.53. The third kappa shape index (κ3) is 4.05. The first-order valence-electron chi connectivity index (χ1n) is 9.45. The molecule has 0 amide bonds. The summed E-state index contributed by atoms with van der Waals surface area (Å²) >= 11 is 5.26. The lowest BCUT2D eigenvalue weighted by Crippen LogP contribution is -2.48. The van der Waals surface area contributed by atoms with Gasteiger partial charge in [0.15, 0.2) is 17.9 Å². The number of rotatable bonds is 7. The van der Waals surface area contributed by atoms with Crippen LogP contribution < -0.4 is 0 Å². The van der Waals surface area contributed by atoms with E-state index in [0.29, 0.717) is 0 Å². The van der Waals surface area contributed by atoms with Crippen molar-refractivity contribution in [2.45, 2.75) is 83.4 Å². The molecule has 28 heavy (non-hydrogen) atoms. The van der Waals surface area contributed by atoms with Crippen LogP contribution in [0.3, 0.4) is 0 Å². The first-order chi connectivity index (χ1) is 12.9. The number of ether oxygens (including phenoxy) is 5. The van der Waals surface area contributed by atoms with E-state index in [1.165, 1.54) is 0 Å². The number of halogens is 2. The second-order valence-corrected chi connectivity index (χ2v) is 11.4. The normalized spacial score (nSPS) is 37.4. The van der Waals surface area contributed by atoms with Crippen molar-refractivity contribution in [1.82, 2.24) is 0 Å². The predicted octanol–water partition coefficient (Wildman–Crippen LogP) is 3.61. The van der Waals surface area contributed by atoms with Crippen molar-refractivity contribution in [1.29, 1.82) is 0 Å². The molecular formula is C17H29F2O7PS. The Labute approximate surface area is 169 Å². The topological polar surface area (TPSA) is 64.6 Å². The minimum Gasteiger partial charge on any atom is -0.348 e. The lowest BCUT2D eigenvalue weighted by atomic mass is 9.95. The molecule has 3 aliphatic rings. The van der Waals surface area contributed by atoms with Crippen LogP contribution in [0.1, 0.15) is 41.5 Å². The van der Waals surface area contributed by atoms with Crippen molar-refractivity contribution in [3.8, 4) is 0 Å². The smallest absolute Gasteiger partial charge is 0.328 e. The maximum atomic E-state index is 15.9. The van der Waals surface area contributed by atoms with Crippen LogP contribution in [0, 0.1) is 5.92 Å². The Kier molecular flexibility index (Phi) is 6.32. The van der Waals surface area contributed by atoms with Gasteiger partial charge < -0.3 is 32.7 Å². The molecule has 3 aliphatic heterocycles. The fourth-order valence-electron chi connectivity index (χ4n) is 3.86. The number of hydrogen-bond donors (Lipinski definition) is 0. The molecule has 11 heteroatoms. The summed E-state index contributed by atoms with van der Waals surface area (Å²) in [5, 5.41) is 0. The summed E-state index contributed by atoms with van der Waals surface area (Å²) in [6.07, 6.45) is -3.77. The van der Waals surface area contributed by atoms with Crippen molar-refractivity contribution >= 4 is 18.3 Å². The van der Waals surface area contributed by atoms with Crippen LogP contribution in [-0.4, -0.2) is 61.7 Å². The third-order valence-corrected chi connectivity index (χ3v) is 8.44. The molecule has 3 fully saturated rings. The van der Waals surface area contributed by atoms with Gasteiger partial charge in [0.25, 0.3) is 6.49 Å². The minimum atomic E-state index is -3.98. The van der Waals surface area contributed by atoms with E-state index in [1.54, 1.807) is 41.5 Å². The molecule has 0 aromatic rings. The molecule has 3 saturated heterocycles. The Morgan fingerprint density at radius 3 is 2.11 bits per heavy atom. The molecule has 164 valence electrons. The van der Waals surface area contributed by atoms with Crippen molar-refractivity contribution in [2.24, 2.45) is 5.92 Å². The summed E-state index contributed by atoms with van der Waals surface area (Å²) < 4.78 is 71.2. The second-order valence-electron chi connectivity index (χ2n) is 7.88. The fraction of sp³-hybridized carbons (Fsp3) is 1.00. The van der Waals surface area contributed by atoms with Gasteiger partial charge in [-0.1, -0.05) is 0 Å². The zero-order valence-corrected chi connectivity index (χ0v) is 18.7. The van der Waals surface area contributed by atoms with Gasteiger partial charge >= 0.3 is 5.66 Å². The maximum absolute atomic E-state index is 15.9. The van der Waals surface area contributed by atoms with Gasteiger partial charge in [0.05, 0.1) is 25.7 Å². The molecule has 0 unspecified atom stereocenters. The summed E-state index contributed by atoms with van der Waals surface area (Å²) in [6.45, 7) is 6.11. The van der Waals surface area contributed by atoms with E-state index < -0.39 is 54.2 Å². The highest BCUT2D eigenvalue weighted by atomic mass is 32.5. The molecule has 0 aromatic carbocycles. The van der Waals surface area contributed by atoms with Gasteiger partial charge in [0.1, 0.15) is 18.3 Å². The van der Waals surface area contributed by atoms with Gasteiger partial charge in [-0.3, -0.25) is 0 Å². The standard InChI is InChI=1S/C17H29F2O7PS/c1-7-21-27(28,22-8-2)17(18,19)11-12(10-9-20-15(3,4)24-10)23-14-13(11)25-16(5,6)26-14/h10-14H,7-9H2,1-6H3/t10-,11-,12-,13-,14-/m1/s1. The van der Waals surface area contributed by atoms with E-state index in [9.17, 15) is 0 Å². The number of fused-ring (bicyclic) bond motifs is 1. The van der Waals surface area contributed by atoms with E-state index in [4.69, 9.17) is 44.5 Å². The van der Waals surface area contributed by atoms with Gasteiger partial charge in [-0.05, 0) is 53.3 Å². The van der Waals surface area contributed by atoms with E-state index >= 15 is 8.78 Å². The summed E-state index contributed by atoms with van der Waals surface area (Å²) in [7, 11) is 0. The third-order valence-electron chi connectivity index (χ3n) is 4.85. The molecule has 5 atom stereocenters. The average molecular weight is 446 g/mol. The maximum Gasteiger partial charge on any atom is 0.328 e. The SMILES string of the molecule is CCOP(=S)(OCC)C(F)(F)[C@H]1[C@H]2OC(C)(C)O[C@H]2O[C@@H]1[C@H]1COC(C)(C)O1. The molecule has 3 rings (SSSR count). The lowest BCUT2D eigenvalue weighted by molar-refractivity contribution is -0.236. The first-order valence-corrected chi connectivity index (χ1v) is 12.1. The Morgan fingerprint density at radius 2 is 1.61 bits per heavy atom. The molecule has 0 N–H and O–H groups in total. The monoisotopic (exact) mass is 446 g/mol. The van der Waals surface area contributed by atoms with E-state index in [0.717, 1.165) is 0 Å². The summed E-state index contributed by atoms with van der Waals surface area (Å²) in [4.78, 5) is 0. The Balaban J connectivity index is 1.97. The number of hydrogen-bond acceptors (Lipinski definition) is 8. The zero-order valence-electron chi connectivity index (χ0n) is 17.0. The van der Waals surface area contributed by atoms with Crippen LogP contribution in [0.15, 0.2) is 0 Å². The van der Waals surface area contributed by atoms with Crippen LogP contribution in [0.5, 0.6) is 0 Å². The highest BCUT2D eigenvalue weighted by Gasteiger charge is 2.70. The molecule has 7 nitrogen and oxygen atoms in total. The molecule has 3 heterocycles. The Hall–Kier alpha value is 0.230. The highest BCUT2D eigenvalue weighted by Crippen LogP contribution is 2.68. The summed E-state index contributed by atoms with van der Waals surface area (Å²) in [5.74, 6) is -3.42. The lowest BCUT2D eigenvalue weighted by Gasteiger charge is -2.38. The second kappa shape index (κ2) is 7.73. The molecule has 0 bridgehead atoms. The van der Waals surface area contributed by atoms with Crippen molar-refractivity contribution < 1.29 is 41.5 Å². The average Bonchev–Trinajstić information content (AvgIpc) is 3.16. The van der Waals surface area contributed by atoms with Gasteiger partial charge in [0, 0.05) is 0 Å². The number of alkyl halides is 2. The highest BCUT2D eigenvalue weighted by molar-refractivity contribution is 8.10. The van der Waals surface area contributed by atoms with Crippen molar-refractivity contribution in [2.75, 3.05) is 19.8 Å². The largest absolute Gasteiger partial charge is 0.348 e. The quantitative estimate of drug-likeness (QED) is 0.550. The first kappa shape index (κ1) is 22.9. The van der Waals surface area contributed by atoms with Gasteiger partial charge in [-0.15, -0.1) is 0 Å². The molecular weight excluding hydrogens is 417 g/mol. The van der Waals surface area contributed by atoms with E-state index in [-0.39, 0.29) is 19.8 Å². The van der Waals surface area contributed by atoms with Crippen LogP contribution >= 0.6 is 6.49 Å². The van der Waals surface area contributed by atoms with E-state index in [2.05, 4.69) is 0 Å². The van der Waals surface area contributed by atoms with Crippen LogP contribution in [0.25, 0.3) is 0 Å². The predicted molar refractivity (Wildman–Crippen MR) is 99.6 cm³/mol. The Bertz CT molecular complexity index is 623. The molecule has 0 spiro atoms. The van der Waals surface area contributed by atoms with Gasteiger partial charge in [-0.25, -0.2) is 0 Å². The van der Waals surface area contributed by atoms with Crippen LogP contribution in [0.2, 0.25) is 0 Å². The molecule has 0 aliphatic carbocycles. The molecule has 0 radical (unpaired) electrons.